The number of rotatable bonds is 3. The molecule has 0 saturated carbocycles. The van der Waals surface area contributed by atoms with Crippen molar-refractivity contribution in [1.29, 1.82) is 0 Å². The Hall–Kier alpha value is -2.79. The average molecular weight is 423 g/mol. The zero-order chi connectivity index (χ0) is 21.4. The minimum Gasteiger partial charge on any atom is -0.373 e. The fourth-order valence-corrected chi connectivity index (χ4v) is 4.24. The number of aromatic nitrogens is 2. The number of halogens is 1. The summed E-state index contributed by atoms with van der Waals surface area (Å²) < 4.78 is 1.88. The van der Waals surface area contributed by atoms with Gasteiger partial charge in [0.05, 0.1) is 17.8 Å². The second-order valence-electron chi connectivity index (χ2n) is 8.04. The largest absolute Gasteiger partial charge is 0.373 e. The van der Waals surface area contributed by atoms with E-state index in [4.69, 9.17) is 16.7 Å². The van der Waals surface area contributed by atoms with Crippen LogP contribution >= 0.6 is 11.6 Å². The lowest BCUT2D eigenvalue weighted by atomic mass is 10.1. The fraction of sp³-hybridized carbons (Fsp3) is 0.333. The number of fused-ring (bicyclic) bond motifs is 1. The van der Waals surface area contributed by atoms with Gasteiger partial charge in [-0.15, -0.1) is 0 Å². The van der Waals surface area contributed by atoms with E-state index in [0.717, 1.165) is 34.7 Å². The molecule has 1 aliphatic heterocycles. The van der Waals surface area contributed by atoms with Crippen LogP contribution in [0.15, 0.2) is 42.5 Å². The zero-order valence-corrected chi connectivity index (χ0v) is 18.7. The first-order valence-electron chi connectivity index (χ1n) is 10.2. The smallest absolute Gasteiger partial charge is 0.227 e. The van der Waals surface area contributed by atoms with Crippen LogP contribution in [0.5, 0.6) is 0 Å². The normalized spacial score (nSPS) is 13.9. The highest BCUT2D eigenvalue weighted by Crippen LogP contribution is 2.26. The Balaban J connectivity index is 1.58. The van der Waals surface area contributed by atoms with Crippen LogP contribution in [0.2, 0.25) is 5.02 Å². The highest BCUT2D eigenvalue weighted by molar-refractivity contribution is 6.31. The minimum atomic E-state index is 0.132. The molecule has 4 rings (SSSR count). The molecule has 0 aliphatic carbocycles. The van der Waals surface area contributed by atoms with E-state index in [2.05, 4.69) is 24.1 Å². The predicted octanol–water partition coefficient (Wildman–Crippen LogP) is 4.47. The van der Waals surface area contributed by atoms with Crippen molar-refractivity contribution >= 4 is 23.2 Å². The van der Waals surface area contributed by atoms with E-state index >= 15 is 0 Å². The molecule has 0 N–H and O–H groups in total. The van der Waals surface area contributed by atoms with Crippen molar-refractivity contribution in [3.8, 4) is 5.69 Å². The van der Waals surface area contributed by atoms with Crippen molar-refractivity contribution in [3.63, 3.8) is 0 Å². The third-order valence-electron chi connectivity index (χ3n) is 5.99. The van der Waals surface area contributed by atoms with E-state index in [1.54, 1.807) is 0 Å². The standard InChI is InChI=1S/C24H27ClN4O/c1-16-9-10-20(13-22(16)25)29-18(3)21(17(2)26-29)14-24(30)28-12-11-27(4)23-8-6-5-7-19(23)15-28/h5-10,13H,11-12,14-15H2,1-4H3. The van der Waals surface area contributed by atoms with Crippen LogP contribution in [-0.4, -0.2) is 40.7 Å². The number of amides is 1. The third-order valence-corrected chi connectivity index (χ3v) is 6.40. The summed E-state index contributed by atoms with van der Waals surface area (Å²) in [5, 5.41) is 5.41. The first-order valence-corrected chi connectivity index (χ1v) is 10.6. The Morgan fingerprint density at radius 2 is 1.87 bits per heavy atom. The molecule has 0 spiro atoms. The topological polar surface area (TPSA) is 41.4 Å². The number of para-hydroxylation sites is 1. The maximum Gasteiger partial charge on any atom is 0.227 e. The Kier molecular flexibility index (Phi) is 5.56. The molecule has 0 radical (unpaired) electrons. The van der Waals surface area contributed by atoms with Crippen LogP contribution in [0.3, 0.4) is 0 Å². The Morgan fingerprint density at radius 1 is 1.10 bits per heavy atom. The molecule has 2 aromatic carbocycles. The maximum absolute atomic E-state index is 13.2. The molecule has 3 aromatic rings. The summed E-state index contributed by atoms with van der Waals surface area (Å²) in [5.74, 6) is 0.132. The van der Waals surface area contributed by atoms with Gasteiger partial charge in [0.15, 0.2) is 0 Å². The SMILES string of the molecule is Cc1ccc(-n2nc(C)c(CC(=O)N3CCN(C)c4ccccc4C3)c2C)cc1Cl. The molecule has 2 heterocycles. The number of carbonyl (C=O) groups is 1. The molecule has 0 bridgehead atoms. The Morgan fingerprint density at radius 3 is 2.63 bits per heavy atom. The van der Waals surface area contributed by atoms with Gasteiger partial charge in [0, 0.05) is 48.6 Å². The predicted molar refractivity (Wildman–Crippen MR) is 122 cm³/mol. The van der Waals surface area contributed by atoms with Gasteiger partial charge in [0.25, 0.3) is 0 Å². The monoisotopic (exact) mass is 422 g/mol. The molecule has 1 amide bonds. The van der Waals surface area contributed by atoms with E-state index in [1.807, 2.05) is 60.7 Å². The van der Waals surface area contributed by atoms with E-state index in [-0.39, 0.29) is 5.91 Å². The molecule has 0 saturated heterocycles. The average Bonchev–Trinajstić information content (AvgIpc) is 2.90. The second kappa shape index (κ2) is 8.15. The van der Waals surface area contributed by atoms with Gasteiger partial charge < -0.3 is 9.80 Å². The molecule has 0 unspecified atom stereocenters. The van der Waals surface area contributed by atoms with Crippen LogP contribution in [0.4, 0.5) is 5.69 Å². The first-order chi connectivity index (χ1) is 14.3. The van der Waals surface area contributed by atoms with Crippen LogP contribution < -0.4 is 4.90 Å². The lowest BCUT2D eigenvalue weighted by Crippen LogP contribution is -2.35. The molecule has 6 heteroatoms. The van der Waals surface area contributed by atoms with E-state index < -0.39 is 0 Å². The van der Waals surface area contributed by atoms with Crippen LogP contribution in [0.25, 0.3) is 5.69 Å². The molecule has 1 aromatic heterocycles. The summed E-state index contributed by atoms with van der Waals surface area (Å²) >= 11 is 6.31. The van der Waals surface area contributed by atoms with Gasteiger partial charge in [0.1, 0.15) is 0 Å². The third kappa shape index (κ3) is 3.82. The van der Waals surface area contributed by atoms with Crippen molar-refractivity contribution in [2.75, 3.05) is 25.0 Å². The van der Waals surface area contributed by atoms with Crippen LogP contribution in [0.1, 0.15) is 28.1 Å². The molecular formula is C24H27ClN4O. The lowest BCUT2D eigenvalue weighted by Gasteiger charge is -2.21. The number of likely N-dealkylation sites (N-methyl/N-ethyl adjacent to an activating group) is 1. The molecule has 156 valence electrons. The van der Waals surface area contributed by atoms with Crippen molar-refractivity contribution in [2.24, 2.45) is 0 Å². The number of hydrogen-bond acceptors (Lipinski definition) is 3. The van der Waals surface area contributed by atoms with Gasteiger partial charge in [-0.05, 0) is 50.1 Å². The summed E-state index contributed by atoms with van der Waals surface area (Å²) in [4.78, 5) is 17.4. The van der Waals surface area contributed by atoms with Gasteiger partial charge in [-0.25, -0.2) is 4.68 Å². The highest BCUT2D eigenvalue weighted by Gasteiger charge is 2.23. The Bertz CT molecular complexity index is 1100. The number of nitrogens with zero attached hydrogens (tertiary/aromatic N) is 4. The van der Waals surface area contributed by atoms with Gasteiger partial charge in [-0.2, -0.15) is 5.10 Å². The second-order valence-corrected chi connectivity index (χ2v) is 8.44. The highest BCUT2D eigenvalue weighted by atomic mass is 35.5. The summed E-state index contributed by atoms with van der Waals surface area (Å²) in [7, 11) is 2.08. The molecular weight excluding hydrogens is 396 g/mol. The number of benzene rings is 2. The van der Waals surface area contributed by atoms with Gasteiger partial charge in [-0.3, -0.25) is 4.79 Å². The van der Waals surface area contributed by atoms with Gasteiger partial charge in [-0.1, -0.05) is 35.9 Å². The van der Waals surface area contributed by atoms with Crippen molar-refractivity contribution in [2.45, 2.75) is 33.7 Å². The number of anilines is 1. The Labute approximate surface area is 182 Å². The summed E-state index contributed by atoms with van der Waals surface area (Å²) in [6.07, 6.45) is 0.350. The summed E-state index contributed by atoms with van der Waals surface area (Å²) in [6.45, 7) is 8.13. The molecule has 30 heavy (non-hydrogen) atoms. The maximum atomic E-state index is 13.2. The molecule has 5 nitrogen and oxygen atoms in total. The summed E-state index contributed by atoms with van der Waals surface area (Å²) in [6, 6.07) is 14.2. The van der Waals surface area contributed by atoms with Crippen molar-refractivity contribution in [3.05, 3.63) is 75.6 Å². The quantitative estimate of drug-likeness (QED) is 0.625. The summed E-state index contributed by atoms with van der Waals surface area (Å²) in [5.41, 5.74) is 7.17. The van der Waals surface area contributed by atoms with E-state index in [9.17, 15) is 4.79 Å². The van der Waals surface area contributed by atoms with E-state index in [0.29, 0.717) is 24.5 Å². The molecule has 1 aliphatic rings. The first kappa shape index (κ1) is 20.5. The van der Waals surface area contributed by atoms with Crippen molar-refractivity contribution < 1.29 is 4.79 Å². The number of aryl methyl sites for hydroxylation is 2. The minimum absolute atomic E-state index is 0.132. The van der Waals surface area contributed by atoms with Crippen molar-refractivity contribution in [1.82, 2.24) is 14.7 Å². The lowest BCUT2D eigenvalue weighted by molar-refractivity contribution is -0.130. The zero-order valence-electron chi connectivity index (χ0n) is 17.9. The molecule has 0 atom stereocenters. The van der Waals surface area contributed by atoms with Gasteiger partial charge >= 0.3 is 0 Å². The van der Waals surface area contributed by atoms with Crippen LogP contribution in [-0.2, 0) is 17.8 Å². The van der Waals surface area contributed by atoms with E-state index in [1.165, 1.54) is 11.3 Å². The number of carbonyl (C=O) groups excluding carboxylic acids is 1. The molecule has 0 fully saturated rings. The number of hydrogen-bond donors (Lipinski definition) is 0. The fourth-order valence-electron chi connectivity index (χ4n) is 4.06. The van der Waals surface area contributed by atoms with Gasteiger partial charge in [0.2, 0.25) is 5.91 Å². The van der Waals surface area contributed by atoms with Crippen LogP contribution in [0, 0.1) is 20.8 Å².